The van der Waals surface area contributed by atoms with E-state index in [4.69, 9.17) is 4.74 Å². The molecule has 0 aromatic carbocycles. The van der Waals surface area contributed by atoms with Gasteiger partial charge in [0.15, 0.2) is 0 Å². The lowest BCUT2D eigenvalue weighted by Crippen LogP contribution is -2.49. The van der Waals surface area contributed by atoms with Crippen molar-refractivity contribution in [2.24, 2.45) is 5.92 Å². The predicted octanol–water partition coefficient (Wildman–Crippen LogP) is 4.49. The largest absolute Gasteiger partial charge is 0.453 e. The van der Waals surface area contributed by atoms with Crippen LogP contribution < -0.4 is 0 Å². The van der Waals surface area contributed by atoms with E-state index < -0.39 is 0 Å². The molecule has 3 heterocycles. The van der Waals surface area contributed by atoms with E-state index in [0.29, 0.717) is 12.0 Å². The number of fused-ring (bicyclic) bond motifs is 1. The Balaban J connectivity index is 1.40. The summed E-state index contributed by atoms with van der Waals surface area (Å²) in [6.45, 7) is 2.38. The maximum atomic E-state index is 13.2. The molecule has 1 aromatic rings. The maximum absolute atomic E-state index is 13.2. The summed E-state index contributed by atoms with van der Waals surface area (Å²) < 4.78 is 4.82. The number of thiophene rings is 1. The summed E-state index contributed by atoms with van der Waals surface area (Å²) in [6, 6.07) is 2.59. The normalized spacial score (nSPS) is 26.6. The zero-order chi connectivity index (χ0) is 18.8. The molecule has 0 bridgehead atoms. The van der Waals surface area contributed by atoms with E-state index in [2.05, 4.69) is 16.3 Å². The number of ether oxygens (including phenoxy) is 1. The minimum absolute atomic E-state index is 0.234. The van der Waals surface area contributed by atoms with Crippen molar-refractivity contribution in [2.45, 2.75) is 63.3 Å². The fraction of sp³-hybridized carbons (Fsp3) is 0.714. The van der Waals surface area contributed by atoms with Crippen molar-refractivity contribution in [3.05, 3.63) is 21.9 Å². The monoisotopic (exact) mass is 390 g/mol. The van der Waals surface area contributed by atoms with Gasteiger partial charge in [-0.3, -0.25) is 4.79 Å². The summed E-state index contributed by atoms with van der Waals surface area (Å²) in [7, 11) is 1.43. The van der Waals surface area contributed by atoms with Crippen molar-refractivity contribution >= 4 is 23.3 Å². The third kappa shape index (κ3) is 3.86. The van der Waals surface area contributed by atoms with Gasteiger partial charge in [-0.1, -0.05) is 12.8 Å². The zero-order valence-corrected chi connectivity index (χ0v) is 17.0. The van der Waals surface area contributed by atoms with Gasteiger partial charge in [0.1, 0.15) is 0 Å². The van der Waals surface area contributed by atoms with Crippen LogP contribution in [0.1, 0.15) is 72.5 Å². The second kappa shape index (κ2) is 8.21. The number of methoxy groups -OCH3 is 1. The SMILES string of the molecule is COC(=O)N1CCC(c2cc(C(=O)N3CCCC4CCCCC43)cs2)CC1. The summed E-state index contributed by atoms with van der Waals surface area (Å²) in [5.41, 5.74) is 0.872. The van der Waals surface area contributed by atoms with Crippen molar-refractivity contribution in [3.63, 3.8) is 0 Å². The first-order chi connectivity index (χ1) is 13.2. The third-order valence-electron chi connectivity index (χ3n) is 6.70. The van der Waals surface area contributed by atoms with Crippen LogP contribution in [-0.2, 0) is 4.74 Å². The molecule has 1 saturated carbocycles. The number of likely N-dealkylation sites (tertiary alicyclic amines) is 2. The van der Waals surface area contributed by atoms with Crippen molar-refractivity contribution in [1.82, 2.24) is 9.80 Å². The average Bonchev–Trinajstić information content (AvgIpc) is 3.22. The van der Waals surface area contributed by atoms with Crippen LogP contribution in [0, 0.1) is 5.92 Å². The Labute approximate surface area is 165 Å². The van der Waals surface area contributed by atoms with Crippen molar-refractivity contribution in [3.8, 4) is 0 Å². The molecule has 2 aliphatic heterocycles. The van der Waals surface area contributed by atoms with Gasteiger partial charge in [0.05, 0.1) is 12.7 Å². The summed E-state index contributed by atoms with van der Waals surface area (Å²) in [6.07, 6.45) is 9.16. The molecule has 0 spiro atoms. The molecule has 148 valence electrons. The van der Waals surface area contributed by atoms with Gasteiger partial charge >= 0.3 is 6.09 Å². The molecule has 4 rings (SSSR count). The topological polar surface area (TPSA) is 49.9 Å². The van der Waals surface area contributed by atoms with E-state index in [-0.39, 0.29) is 12.0 Å². The fourth-order valence-electron chi connectivity index (χ4n) is 5.20. The van der Waals surface area contributed by atoms with Gasteiger partial charge in [-0.2, -0.15) is 0 Å². The summed E-state index contributed by atoms with van der Waals surface area (Å²) in [5, 5.41) is 2.05. The van der Waals surface area contributed by atoms with Crippen LogP contribution in [0.2, 0.25) is 0 Å². The van der Waals surface area contributed by atoms with Gasteiger partial charge in [-0.05, 0) is 56.4 Å². The standard InChI is InChI=1S/C21H30N2O3S/c1-26-21(25)22-11-8-16(9-12-22)19-13-17(14-27-19)20(24)23-10-4-6-15-5-2-3-7-18(15)23/h13-16,18H,2-12H2,1H3. The van der Waals surface area contributed by atoms with Gasteiger partial charge < -0.3 is 14.5 Å². The Hall–Kier alpha value is -1.56. The molecule has 0 N–H and O–H groups in total. The maximum Gasteiger partial charge on any atom is 0.409 e. The Kier molecular flexibility index (Phi) is 5.71. The van der Waals surface area contributed by atoms with Crippen LogP contribution in [0.3, 0.4) is 0 Å². The van der Waals surface area contributed by atoms with Crippen molar-refractivity contribution < 1.29 is 14.3 Å². The zero-order valence-electron chi connectivity index (χ0n) is 16.2. The molecule has 2 amide bonds. The minimum atomic E-state index is -0.234. The van der Waals surface area contributed by atoms with Gasteiger partial charge in [-0.15, -0.1) is 11.3 Å². The first-order valence-corrected chi connectivity index (χ1v) is 11.3. The lowest BCUT2D eigenvalue weighted by atomic mass is 9.78. The number of carbonyl (C=O) groups is 2. The Morgan fingerprint density at radius 1 is 1.04 bits per heavy atom. The van der Waals surface area contributed by atoms with Gasteiger partial charge in [0.2, 0.25) is 0 Å². The molecule has 0 radical (unpaired) electrons. The number of amides is 2. The van der Waals surface area contributed by atoms with Crippen LogP contribution in [-0.4, -0.2) is 54.6 Å². The Morgan fingerprint density at radius 3 is 2.56 bits per heavy atom. The molecule has 3 aliphatic rings. The molecule has 2 unspecified atom stereocenters. The second-order valence-corrected chi connectivity index (χ2v) is 9.16. The van der Waals surface area contributed by atoms with Gasteiger partial charge in [0, 0.05) is 35.9 Å². The van der Waals surface area contributed by atoms with Crippen LogP contribution >= 0.6 is 11.3 Å². The molecule has 5 nitrogen and oxygen atoms in total. The lowest BCUT2D eigenvalue weighted by Gasteiger charge is -2.44. The van der Waals surface area contributed by atoms with E-state index >= 15 is 0 Å². The van der Waals surface area contributed by atoms with Crippen LogP contribution in [0.4, 0.5) is 4.79 Å². The number of rotatable bonds is 2. The number of carbonyl (C=O) groups excluding carboxylic acids is 2. The van der Waals surface area contributed by atoms with Crippen LogP contribution in [0.15, 0.2) is 11.4 Å². The Morgan fingerprint density at radius 2 is 1.78 bits per heavy atom. The van der Waals surface area contributed by atoms with Gasteiger partial charge in [0.25, 0.3) is 5.91 Å². The third-order valence-corrected chi connectivity index (χ3v) is 7.80. The number of nitrogens with zero attached hydrogens (tertiary/aromatic N) is 2. The number of piperidine rings is 2. The molecule has 1 aromatic heterocycles. The number of hydrogen-bond acceptors (Lipinski definition) is 4. The average molecular weight is 391 g/mol. The molecular weight excluding hydrogens is 360 g/mol. The molecule has 6 heteroatoms. The Bertz CT molecular complexity index is 679. The van der Waals surface area contributed by atoms with Crippen molar-refractivity contribution in [1.29, 1.82) is 0 Å². The predicted molar refractivity (Wildman–Crippen MR) is 106 cm³/mol. The van der Waals surface area contributed by atoms with E-state index in [9.17, 15) is 9.59 Å². The van der Waals surface area contributed by atoms with E-state index in [1.165, 1.54) is 44.1 Å². The van der Waals surface area contributed by atoms with Gasteiger partial charge in [-0.25, -0.2) is 4.79 Å². The quantitative estimate of drug-likeness (QED) is 0.748. The number of hydrogen-bond donors (Lipinski definition) is 0. The molecule has 2 saturated heterocycles. The highest BCUT2D eigenvalue weighted by Crippen LogP contribution is 2.37. The summed E-state index contributed by atoms with van der Waals surface area (Å²) in [5.74, 6) is 1.40. The van der Waals surface area contributed by atoms with E-state index in [1.54, 1.807) is 16.2 Å². The lowest BCUT2D eigenvalue weighted by molar-refractivity contribution is 0.0391. The molecule has 3 fully saturated rings. The fourth-order valence-corrected chi connectivity index (χ4v) is 6.25. The summed E-state index contributed by atoms with van der Waals surface area (Å²) in [4.78, 5) is 30.1. The minimum Gasteiger partial charge on any atom is -0.453 e. The summed E-state index contributed by atoms with van der Waals surface area (Å²) >= 11 is 1.71. The second-order valence-electron chi connectivity index (χ2n) is 8.22. The van der Waals surface area contributed by atoms with Crippen molar-refractivity contribution in [2.75, 3.05) is 26.7 Å². The highest BCUT2D eigenvalue weighted by Gasteiger charge is 2.36. The van der Waals surface area contributed by atoms with E-state index in [1.807, 2.05) is 0 Å². The highest BCUT2D eigenvalue weighted by atomic mass is 32.1. The molecule has 2 atom stereocenters. The molecule has 27 heavy (non-hydrogen) atoms. The first kappa shape index (κ1) is 18.8. The molecule has 1 aliphatic carbocycles. The van der Waals surface area contributed by atoms with Crippen LogP contribution in [0.5, 0.6) is 0 Å². The first-order valence-electron chi connectivity index (χ1n) is 10.4. The van der Waals surface area contributed by atoms with E-state index in [0.717, 1.165) is 50.4 Å². The van der Waals surface area contributed by atoms with Crippen LogP contribution in [0.25, 0.3) is 0 Å². The molecular formula is C21H30N2O3S. The highest BCUT2D eigenvalue weighted by molar-refractivity contribution is 7.10. The smallest absolute Gasteiger partial charge is 0.409 e.